The third-order valence-corrected chi connectivity index (χ3v) is 6.64. The van der Waals surface area contributed by atoms with Crippen LogP contribution >= 0.6 is 0 Å². The van der Waals surface area contributed by atoms with Crippen LogP contribution in [0.3, 0.4) is 0 Å². The largest absolute Gasteiger partial charge is 0.494 e. The maximum Gasteiger partial charge on any atom is 0.253 e. The van der Waals surface area contributed by atoms with E-state index < -0.39 is 0 Å². The molecule has 2 aromatic rings. The van der Waals surface area contributed by atoms with Crippen LogP contribution < -0.4 is 9.64 Å². The molecule has 0 atom stereocenters. The van der Waals surface area contributed by atoms with E-state index in [1.54, 1.807) is 24.3 Å². The molecule has 1 amide bonds. The number of Topliss-reactive ketones (excluding diaryl/α,β-unsaturated/α-hetero) is 1. The van der Waals surface area contributed by atoms with E-state index in [2.05, 4.69) is 21.9 Å². The molecule has 2 fully saturated rings. The van der Waals surface area contributed by atoms with Gasteiger partial charge in [-0.25, -0.2) is 0 Å². The Morgan fingerprint density at radius 2 is 1.42 bits per heavy atom. The molecule has 6 nitrogen and oxygen atoms in total. The van der Waals surface area contributed by atoms with Crippen LogP contribution in [0.15, 0.2) is 48.5 Å². The lowest BCUT2D eigenvalue weighted by molar-refractivity contribution is 0.0746. The van der Waals surface area contributed by atoms with Crippen molar-refractivity contribution in [2.75, 3.05) is 57.3 Å². The monoisotopic (exact) mass is 449 g/mol. The molecule has 0 unspecified atom stereocenters. The summed E-state index contributed by atoms with van der Waals surface area (Å²) in [5, 5.41) is 0. The molecule has 33 heavy (non-hydrogen) atoms. The lowest BCUT2D eigenvalue weighted by Crippen LogP contribution is -2.48. The van der Waals surface area contributed by atoms with Gasteiger partial charge in [-0.2, -0.15) is 0 Å². The number of likely N-dealkylation sites (tertiary alicyclic amines) is 1. The van der Waals surface area contributed by atoms with Crippen LogP contribution in [0.5, 0.6) is 5.75 Å². The molecule has 0 spiro atoms. The molecule has 2 aliphatic rings. The summed E-state index contributed by atoms with van der Waals surface area (Å²) < 4.78 is 5.94. The van der Waals surface area contributed by atoms with Crippen molar-refractivity contribution in [3.8, 4) is 5.75 Å². The fourth-order valence-electron chi connectivity index (χ4n) is 4.61. The predicted octanol–water partition coefficient (Wildman–Crippen LogP) is 4.11. The number of nitrogens with zero attached hydrogens (tertiary/aromatic N) is 3. The second-order valence-corrected chi connectivity index (χ2v) is 9.01. The highest BCUT2D eigenvalue weighted by Crippen LogP contribution is 2.22. The van der Waals surface area contributed by atoms with Crippen LogP contribution in [-0.2, 0) is 0 Å². The smallest absolute Gasteiger partial charge is 0.253 e. The van der Waals surface area contributed by atoms with E-state index in [4.69, 9.17) is 4.74 Å². The Labute approximate surface area is 197 Å². The standard InChI is InChI=1S/C27H35N3O3/c1-22(31)23-6-8-24(9-7-23)27(32)30-19-17-29(18-20-30)25-10-12-26(13-11-25)33-21-5-16-28-14-3-2-4-15-28/h6-13H,2-5,14-21H2,1H3. The van der Waals surface area contributed by atoms with E-state index >= 15 is 0 Å². The number of carbonyl (C=O) groups excluding carboxylic acids is 2. The minimum atomic E-state index is 0.0106. The van der Waals surface area contributed by atoms with Crippen LogP contribution in [0.25, 0.3) is 0 Å². The zero-order valence-electron chi connectivity index (χ0n) is 19.7. The van der Waals surface area contributed by atoms with Gasteiger partial charge >= 0.3 is 0 Å². The van der Waals surface area contributed by atoms with Gasteiger partial charge in [-0.1, -0.05) is 18.6 Å². The van der Waals surface area contributed by atoms with Gasteiger partial charge in [0.05, 0.1) is 6.61 Å². The Hall–Kier alpha value is -2.86. The van der Waals surface area contributed by atoms with Crippen LogP contribution in [0.4, 0.5) is 5.69 Å². The highest BCUT2D eigenvalue weighted by atomic mass is 16.5. The van der Waals surface area contributed by atoms with Gasteiger partial charge in [-0.05, 0) is 75.7 Å². The molecular weight excluding hydrogens is 414 g/mol. The van der Waals surface area contributed by atoms with Gasteiger partial charge in [0.15, 0.2) is 5.78 Å². The number of carbonyl (C=O) groups is 2. The number of hydrogen-bond donors (Lipinski definition) is 0. The average molecular weight is 450 g/mol. The molecule has 4 rings (SSSR count). The summed E-state index contributed by atoms with van der Waals surface area (Å²) in [6, 6.07) is 15.3. The zero-order valence-corrected chi connectivity index (χ0v) is 19.7. The lowest BCUT2D eigenvalue weighted by atomic mass is 10.1. The first-order valence-electron chi connectivity index (χ1n) is 12.2. The highest BCUT2D eigenvalue weighted by molar-refractivity contribution is 5.97. The van der Waals surface area contributed by atoms with Gasteiger partial charge < -0.3 is 19.4 Å². The number of ketones is 1. The maximum atomic E-state index is 12.8. The zero-order chi connectivity index (χ0) is 23.0. The molecule has 0 saturated carbocycles. The van der Waals surface area contributed by atoms with Crippen LogP contribution in [0, 0.1) is 0 Å². The second-order valence-electron chi connectivity index (χ2n) is 9.01. The Kier molecular flexibility index (Phi) is 8.00. The molecule has 176 valence electrons. The first-order valence-corrected chi connectivity index (χ1v) is 12.2. The Balaban J connectivity index is 1.20. The molecule has 2 aromatic carbocycles. The Morgan fingerprint density at radius 3 is 2.06 bits per heavy atom. The number of anilines is 1. The van der Waals surface area contributed by atoms with Crippen molar-refractivity contribution in [1.29, 1.82) is 0 Å². The summed E-state index contributed by atoms with van der Waals surface area (Å²) in [6.07, 6.45) is 5.11. The SMILES string of the molecule is CC(=O)c1ccc(C(=O)N2CCN(c3ccc(OCCCN4CCCCC4)cc3)CC2)cc1. The van der Waals surface area contributed by atoms with Crippen molar-refractivity contribution in [2.24, 2.45) is 0 Å². The van der Waals surface area contributed by atoms with Gasteiger partial charge in [0.1, 0.15) is 5.75 Å². The Morgan fingerprint density at radius 1 is 0.788 bits per heavy atom. The molecule has 6 heteroatoms. The van der Waals surface area contributed by atoms with E-state index in [1.807, 2.05) is 17.0 Å². The van der Waals surface area contributed by atoms with Gasteiger partial charge in [0.25, 0.3) is 5.91 Å². The number of amides is 1. The summed E-state index contributed by atoms with van der Waals surface area (Å²) in [5.74, 6) is 0.953. The molecule has 2 saturated heterocycles. The lowest BCUT2D eigenvalue weighted by Gasteiger charge is -2.36. The molecular formula is C27H35N3O3. The maximum absolute atomic E-state index is 12.8. The summed E-state index contributed by atoms with van der Waals surface area (Å²) >= 11 is 0. The average Bonchev–Trinajstić information content (AvgIpc) is 2.87. The molecule has 0 N–H and O–H groups in total. The highest BCUT2D eigenvalue weighted by Gasteiger charge is 2.22. The van der Waals surface area contributed by atoms with E-state index in [0.717, 1.165) is 44.1 Å². The fourth-order valence-corrected chi connectivity index (χ4v) is 4.61. The molecule has 2 aliphatic heterocycles. The third-order valence-electron chi connectivity index (χ3n) is 6.64. The normalized spacial score (nSPS) is 17.1. The van der Waals surface area contributed by atoms with E-state index in [0.29, 0.717) is 24.2 Å². The van der Waals surface area contributed by atoms with Crippen LogP contribution in [0.2, 0.25) is 0 Å². The van der Waals surface area contributed by atoms with Crippen molar-refractivity contribution in [3.05, 3.63) is 59.7 Å². The van der Waals surface area contributed by atoms with Crippen molar-refractivity contribution in [2.45, 2.75) is 32.6 Å². The third kappa shape index (κ3) is 6.35. The number of rotatable bonds is 8. The van der Waals surface area contributed by atoms with Crippen LogP contribution in [-0.4, -0.2) is 73.9 Å². The minimum Gasteiger partial charge on any atom is -0.494 e. The summed E-state index contributed by atoms with van der Waals surface area (Å²) in [5.41, 5.74) is 2.43. The fraction of sp³-hybridized carbons (Fsp3) is 0.481. The first-order chi connectivity index (χ1) is 16.1. The number of piperazine rings is 1. The number of benzene rings is 2. The van der Waals surface area contributed by atoms with Crippen molar-refractivity contribution in [3.63, 3.8) is 0 Å². The predicted molar refractivity (Wildman–Crippen MR) is 131 cm³/mol. The molecule has 0 aliphatic carbocycles. The molecule has 0 bridgehead atoms. The van der Waals surface area contributed by atoms with Gasteiger partial charge in [-0.3, -0.25) is 9.59 Å². The molecule has 0 radical (unpaired) electrons. The van der Waals surface area contributed by atoms with Crippen molar-refractivity contribution >= 4 is 17.4 Å². The van der Waals surface area contributed by atoms with E-state index in [9.17, 15) is 9.59 Å². The summed E-state index contributed by atoms with van der Waals surface area (Å²) in [7, 11) is 0. The van der Waals surface area contributed by atoms with Gasteiger partial charge in [-0.15, -0.1) is 0 Å². The summed E-state index contributed by atoms with van der Waals surface area (Å²) in [4.78, 5) is 31.0. The van der Waals surface area contributed by atoms with Crippen molar-refractivity contribution < 1.29 is 14.3 Å². The topological polar surface area (TPSA) is 53.1 Å². The summed E-state index contributed by atoms with van der Waals surface area (Å²) in [6.45, 7) is 8.85. The van der Waals surface area contributed by atoms with Gasteiger partial charge in [0, 0.05) is 49.5 Å². The number of hydrogen-bond acceptors (Lipinski definition) is 5. The molecule has 2 heterocycles. The van der Waals surface area contributed by atoms with Gasteiger partial charge in [0.2, 0.25) is 0 Å². The first kappa shape index (κ1) is 23.3. The molecule has 0 aromatic heterocycles. The van der Waals surface area contributed by atoms with E-state index in [1.165, 1.54) is 39.3 Å². The number of ether oxygens (including phenoxy) is 1. The number of piperidine rings is 1. The van der Waals surface area contributed by atoms with Crippen molar-refractivity contribution in [1.82, 2.24) is 9.80 Å². The quantitative estimate of drug-likeness (QED) is 0.449. The van der Waals surface area contributed by atoms with Crippen LogP contribution in [0.1, 0.15) is 53.3 Å². The Bertz CT molecular complexity index is 913. The van der Waals surface area contributed by atoms with E-state index in [-0.39, 0.29) is 11.7 Å². The second kappa shape index (κ2) is 11.3. The minimum absolute atomic E-state index is 0.0106.